The van der Waals surface area contributed by atoms with E-state index in [1.165, 1.54) is 225 Å². The van der Waals surface area contributed by atoms with E-state index in [0.29, 0.717) is 19.3 Å². The molecule has 0 aliphatic rings. The predicted octanol–water partition coefficient (Wildman–Crippen LogP) is 23.5. The maximum Gasteiger partial charge on any atom is 0.306 e. The molecular weight excluding hydrogens is 961 g/mol. The lowest BCUT2D eigenvalue weighted by Crippen LogP contribution is -2.30. The number of carbonyl (C=O) groups is 3. The summed E-state index contributed by atoms with van der Waals surface area (Å²) >= 11 is 0. The Morgan fingerprint density at radius 2 is 0.526 bits per heavy atom. The number of esters is 3. The first-order valence-electron chi connectivity index (χ1n) is 34.3. The minimum Gasteiger partial charge on any atom is -0.462 e. The Morgan fingerprint density at radius 1 is 0.269 bits per heavy atom. The van der Waals surface area contributed by atoms with Crippen LogP contribution in [0.1, 0.15) is 361 Å². The van der Waals surface area contributed by atoms with Gasteiger partial charge >= 0.3 is 17.9 Å². The van der Waals surface area contributed by atoms with Gasteiger partial charge in [-0.1, -0.05) is 326 Å². The van der Waals surface area contributed by atoms with Crippen LogP contribution in [-0.2, 0) is 28.6 Å². The Balaban J connectivity index is 4.16. The second-order valence-electron chi connectivity index (χ2n) is 23.1. The van der Waals surface area contributed by atoms with E-state index in [1.807, 2.05) is 0 Å². The molecule has 0 aliphatic heterocycles. The molecule has 0 heterocycles. The highest BCUT2D eigenvalue weighted by Gasteiger charge is 2.19. The van der Waals surface area contributed by atoms with Crippen LogP contribution in [0, 0.1) is 0 Å². The Morgan fingerprint density at radius 3 is 0.846 bits per heavy atom. The largest absolute Gasteiger partial charge is 0.462 e. The summed E-state index contributed by atoms with van der Waals surface area (Å²) in [4.78, 5) is 38.3. The van der Waals surface area contributed by atoms with Crippen LogP contribution >= 0.6 is 0 Å². The van der Waals surface area contributed by atoms with Crippen LogP contribution in [0.4, 0.5) is 0 Å². The molecule has 454 valence electrons. The fraction of sp³-hybridized carbons (Fsp3) is 0.819. The van der Waals surface area contributed by atoms with Gasteiger partial charge in [-0.25, -0.2) is 0 Å². The molecule has 0 fully saturated rings. The third-order valence-electron chi connectivity index (χ3n) is 15.2. The highest BCUT2D eigenvalue weighted by atomic mass is 16.6. The van der Waals surface area contributed by atoms with Gasteiger partial charge in [0.05, 0.1) is 0 Å². The minimum atomic E-state index is -0.779. The molecule has 1 unspecified atom stereocenters. The molecule has 0 bridgehead atoms. The molecule has 6 nitrogen and oxygen atoms in total. The highest BCUT2D eigenvalue weighted by Crippen LogP contribution is 2.18. The summed E-state index contributed by atoms with van der Waals surface area (Å²) in [5, 5.41) is 0. The van der Waals surface area contributed by atoms with E-state index in [2.05, 4.69) is 81.5 Å². The second-order valence-corrected chi connectivity index (χ2v) is 23.1. The number of ether oxygens (including phenoxy) is 3. The van der Waals surface area contributed by atoms with Gasteiger partial charge in [0, 0.05) is 19.3 Å². The van der Waals surface area contributed by atoms with Gasteiger partial charge in [-0.15, -0.1) is 0 Å². The molecule has 0 spiro atoms. The van der Waals surface area contributed by atoms with Crippen LogP contribution in [0.15, 0.2) is 60.8 Å². The van der Waals surface area contributed by atoms with Gasteiger partial charge in [0.1, 0.15) is 13.2 Å². The van der Waals surface area contributed by atoms with Gasteiger partial charge in [-0.3, -0.25) is 14.4 Å². The number of carbonyl (C=O) groups excluding carboxylic acids is 3. The molecule has 6 heteroatoms. The average molecular weight is 1090 g/mol. The van der Waals surface area contributed by atoms with E-state index in [1.54, 1.807) is 0 Å². The number of hydrogen-bond donors (Lipinski definition) is 0. The van der Waals surface area contributed by atoms with Crippen molar-refractivity contribution >= 4 is 17.9 Å². The summed E-state index contributed by atoms with van der Waals surface area (Å²) in [5.74, 6) is -0.871. The monoisotopic (exact) mass is 1090 g/mol. The van der Waals surface area contributed by atoms with Crippen molar-refractivity contribution in [2.75, 3.05) is 13.2 Å². The zero-order valence-electron chi connectivity index (χ0n) is 52.2. The third kappa shape index (κ3) is 63.9. The SMILES string of the molecule is CC/C=C\C/C=C\C/C=C\C/C=C\CCCCCCCCCCCCC(=O)OC(COC(=O)CCCCCCC/C=C\CCC)COC(=O)CCCCCCCCCCCCCCCCCCCCCCCCCCCCC. The van der Waals surface area contributed by atoms with Gasteiger partial charge in [0.15, 0.2) is 6.10 Å². The molecule has 0 aliphatic carbocycles. The van der Waals surface area contributed by atoms with E-state index in [0.717, 1.165) is 96.3 Å². The fourth-order valence-electron chi connectivity index (χ4n) is 10.1. The van der Waals surface area contributed by atoms with Crippen LogP contribution < -0.4 is 0 Å². The Bertz CT molecular complexity index is 1390. The molecule has 0 aromatic carbocycles. The lowest BCUT2D eigenvalue weighted by atomic mass is 10.0. The van der Waals surface area contributed by atoms with E-state index < -0.39 is 6.10 Å². The summed E-state index contributed by atoms with van der Waals surface area (Å²) in [5.41, 5.74) is 0. The maximum absolute atomic E-state index is 12.9. The normalized spacial score (nSPS) is 12.4. The van der Waals surface area contributed by atoms with Crippen molar-refractivity contribution in [1.82, 2.24) is 0 Å². The van der Waals surface area contributed by atoms with Crippen molar-refractivity contribution in [3.05, 3.63) is 60.8 Å². The average Bonchev–Trinajstić information content (AvgIpc) is 3.44. The first-order valence-corrected chi connectivity index (χ1v) is 34.3. The molecule has 1 atom stereocenters. The molecule has 0 N–H and O–H groups in total. The Labute approximate surface area is 485 Å². The topological polar surface area (TPSA) is 78.9 Å². The summed E-state index contributed by atoms with van der Waals surface area (Å²) < 4.78 is 16.9. The molecule has 0 saturated carbocycles. The zero-order chi connectivity index (χ0) is 56.4. The van der Waals surface area contributed by atoms with Crippen molar-refractivity contribution in [2.24, 2.45) is 0 Å². The summed E-state index contributed by atoms with van der Waals surface area (Å²) in [6.07, 6.45) is 85.5. The van der Waals surface area contributed by atoms with E-state index >= 15 is 0 Å². The second kappa shape index (κ2) is 66.6. The highest BCUT2D eigenvalue weighted by molar-refractivity contribution is 5.71. The molecule has 0 rings (SSSR count). The number of unbranched alkanes of at least 4 members (excludes halogenated alkanes) is 42. The molecular formula is C72H130O6. The van der Waals surface area contributed by atoms with Gasteiger partial charge in [-0.05, 0) is 77.0 Å². The fourth-order valence-corrected chi connectivity index (χ4v) is 10.1. The number of hydrogen-bond acceptors (Lipinski definition) is 6. The first kappa shape index (κ1) is 75.1. The molecule has 0 aromatic heterocycles. The van der Waals surface area contributed by atoms with E-state index in [9.17, 15) is 14.4 Å². The van der Waals surface area contributed by atoms with Crippen molar-refractivity contribution < 1.29 is 28.6 Å². The third-order valence-corrected chi connectivity index (χ3v) is 15.2. The Kier molecular flexibility index (Phi) is 64.2. The van der Waals surface area contributed by atoms with E-state index in [4.69, 9.17) is 14.2 Å². The van der Waals surface area contributed by atoms with Crippen LogP contribution in [-0.4, -0.2) is 37.2 Å². The minimum absolute atomic E-state index is 0.0749. The van der Waals surface area contributed by atoms with Gasteiger partial charge < -0.3 is 14.2 Å². The molecule has 0 amide bonds. The van der Waals surface area contributed by atoms with Crippen LogP contribution in [0.25, 0.3) is 0 Å². The van der Waals surface area contributed by atoms with Crippen molar-refractivity contribution in [3.8, 4) is 0 Å². The number of allylic oxidation sites excluding steroid dienone is 10. The molecule has 78 heavy (non-hydrogen) atoms. The summed E-state index contributed by atoms with van der Waals surface area (Å²) in [6.45, 7) is 6.51. The van der Waals surface area contributed by atoms with Crippen LogP contribution in [0.5, 0.6) is 0 Å². The molecule has 0 aromatic rings. The molecule has 0 saturated heterocycles. The summed E-state index contributed by atoms with van der Waals surface area (Å²) in [7, 11) is 0. The van der Waals surface area contributed by atoms with E-state index in [-0.39, 0.29) is 31.1 Å². The smallest absolute Gasteiger partial charge is 0.306 e. The van der Waals surface area contributed by atoms with Crippen LogP contribution in [0.3, 0.4) is 0 Å². The zero-order valence-corrected chi connectivity index (χ0v) is 52.2. The molecule has 0 radical (unpaired) electrons. The predicted molar refractivity (Wildman–Crippen MR) is 339 cm³/mol. The lowest BCUT2D eigenvalue weighted by molar-refractivity contribution is -0.167. The van der Waals surface area contributed by atoms with Crippen molar-refractivity contribution in [3.63, 3.8) is 0 Å². The lowest BCUT2D eigenvalue weighted by Gasteiger charge is -2.18. The Hall–Kier alpha value is -2.89. The summed E-state index contributed by atoms with van der Waals surface area (Å²) in [6, 6.07) is 0. The van der Waals surface area contributed by atoms with Crippen molar-refractivity contribution in [2.45, 2.75) is 367 Å². The van der Waals surface area contributed by atoms with Gasteiger partial charge in [-0.2, -0.15) is 0 Å². The maximum atomic E-state index is 12.9. The quantitative estimate of drug-likeness (QED) is 0.0261. The van der Waals surface area contributed by atoms with Gasteiger partial charge in [0.2, 0.25) is 0 Å². The van der Waals surface area contributed by atoms with Crippen molar-refractivity contribution in [1.29, 1.82) is 0 Å². The first-order chi connectivity index (χ1) is 38.5. The van der Waals surface area contributed by atoms with Crippen LogP contribution in [0.2, 0.25) is 0 Å². The van der Waals surface area contributed by atoms with Gasteiger partial charge in [0.25, 0.3) is 0 Å². The standard InChI is InChI=1S/C72H130O6/c1-4-7-10-13-16-19-22-24-26-28-30-32-34-35-36-37-39-40-42-44-46-48-50-53-56-59-62-65-71(74)77-68-69(67-76-70(73)64-61-58-55-52-21-18-15-12-9-6-3)78-72(75)66-63-60-57-54-51-49-47-45-43-41-38-33-31-29-27-25-23-20-17-14-11-8-5-2/h8,11-12,15,17,20,25,27,31,33,69H,4-7,9-10,13-14,16,18-19,21-24,26,28-30,32,34-68H2,1-3H3/b11-8-,15-12-,20-17-,27-25-,33-31-. The number of rotatable bonds is 63.